The average molecular weight is 430 g/mol. The van der Waals surface area contributed by atoms with E-state index in [1.165, 1.54) is 18.3 Å². The Kier molecular flexibility index (Phi) is 4.64. The Morgan fingerprint density at radius 2 is 1.94 bits per heavy atom. The number of H-pyrrole nitrogens is 1. The van der Waals surface area contributed by atoms with Crippen molar-refractivity contribution >= 4 is 11.0 Å². The van der Waals surface area contributed by atoms with Gasteiger partial charge in [0.15, 0.2) is 0 Å². The lowest BCUT2D eigenvalue weighted by atomic mass is 9.82. The number of nitrogens with one attached hydrogen (secondary N) is 4. The van der Waals surface area contributed by atoms with Crippen LogP contribution in [0.2, 0.25) is 0 Å². The first-order chi connectivity index (χ1) is 15.7. The second kappa shape index (κ2) is 7.67. The van der Waals surface area contributed by atoms with Crippen LogP contribution in [0.15, 0.2) is 60.9 Å². The minimum absolute atomic E-state index is 0.00243. The Bertz CT molecular complexity index is 1290. The predicted molar refractivity (Wildman–Crippen MR) is 119 cm³/mol. The zero-order valence-electron chi connectivity index (χ0n) is 17.2. The summed E-state index contributed by atoms with van der Waals surface area (Å²) in [7, 11) is 0. The van der Waals surface area contributed by atoms with E-state index in [2.05, 4.69) is 26.1 Å². The van der Waals surface area contributed by atoms with E-state index in [0.29, 0.717) is 5.92 Å². The third-order valence-electron chi connectivity index (χ3n) is 6.57. The van der Waals surface area contributed by atoms with Gasteiger partial charge in [-0.05, 0) is 41.8 Å². The lowest BCUT2D eigenvalue weighted by Gasteiger charge is -2.33. The molecule has 0 radical (unpaired) electrons. The number of benzene rings is 2. The molecule has 2 aromatic heterocycles. The lowest BCUT2D eigenvalue weighted by molar-refractivity contribution is 0.263. The van der Waals surface area contributed by atoms with Crippen LogP contribution in [-0.2, 0) is 0 Å². The molecule has 2 aliphatic rings. The molecule has 0 spiro atoms. The standard InChI is InChI=1S/C24H23FN6O/c25-15-4-1-3-13(7-15)17-5-2-6-19-22(17)29-24(28-19)23-18-9-20(27-12-21(18)30-31-23)14-8-16(32)11-26-10-14/h1-8,10-11,18,20-21,23,27,30-32H,9,12H2,(H,28,29). The van der Waals surface area contributed by atoms with Crippen molar-refractivity contribution in [1.82, 2.24) is 31.1 Å². The maximum absolute atomic E-state index is 13.8. The van der Waals surface area contributed by atoms with Crippen LogP contribution in [-0.4, -0.2) is 32.6 Å². The van der Waals surface area contributed by atoms with Crippen LogP contribution < -0.4 is 16.2 Å². The highest BCUT2D eigenvalue weighted by Crippen LogP contribution is 2.39. The highest BCUT2D eigenvalue weighted by atomic mass is 19.1. The molecule has 162 valence electrons. The Labute approximate surface area is 184 Å². The van der Waals surface area contributed by atoms with Gasteiger partial charge < -0.3 is 15.4 Å². The van der Waals surface area contributed by atoms with Crippen LogP contribution in [0.1, 0.15) is 29.9 Å². The minimum atomic E-state index is -0.262. The largest absolute Gasteiger partial charge is 0.506 e. The van der Waals surface area contributed by atoms with Gasteiger partial charge in [-0.15, -0.1) is 0 Å². The SMILES string of the molecule is Oc1cncc(C2CC3C(CN2)NNC3c2nc3c(-c4cccc(F)c4)cccc3[nH]2)c1. The fraction of sp³-hybridized carbons (Fsp3) is 0.250. The van der Waals surface area contributed by atoms with Gasteiger partial charge in [0.1, 0.15) is 17.4 Å². The molecule has 0 bridgehead atoms. The van der Waals surface area contributed by atoms with Gasteiger partial charge in [0, 0.05) is 36.3 Å². The number of hydrazine groups is 1. The molecule has 5 N–H and O–H groups in total. The van der Waals surface area contributed by atoms with E-state index >= 15 is 0 Å². The number of aromatic hydroxyl groups is 1. The van der Waals surface area contributed by atoms with Gasteiger partial charge in [0.25, 0.3) is 0 Å². The fourth-order valence-corrected chi connectivity index (χ4v) is 5.02. The Morgan fingerprint density at radius 1 is 1.03 bits per heavy atom. The van der Waals surface area contributed by atoms with E-state index in [4.69, 9.17) is 4.98 Å². The summed E-state index contributed by atoms with van der Waals surface area (Å²) in [6.45, 7) is 0.795. The zero-order chi connectivity index (χ0) is 21.7. The van der Waals surface area contributed by atoms with Crippen molar-refractivity contribution in [3.05, 3.63) is 78.1 Å². The van der Waals surface area contributed by atoms with Gasteiger partial charge in [0.2, 0.25) is 0 Å². The summed E-state index contributed by atoms with van der Waals surface area (Å²) in [5, 5.41) is 13.4. The number of rotatable bonds is 3. The number of hydrogen-bond donors (Lipinski definition) is 5. The fourth-order valence-electron chi connectivity index (χ4n) is 5.02. The molecule has 2 aromatic carbocycles. The molecule has 8 heteroatoms. The molecule has 2 fully saturated rings. The molecule has 4 unspecified atom stereocenters. The van der Waals surface area contributed by atoms with Crippen LogP contribution in [0, 0.1) is 11.7 Å². The quantitative estimate of drug-likeness (QED) is 0.342. The molecule has 2 aliphatic heterocycles. The number of pyridine rings is 1. The van der Waals surface area contributed by atoms with Crippen molar-refractivity contribution in [2.75, 3.05) is 6.54 Å². The second-order valence-corrected chi connectivity index (χ2v) is 8.54. The summed E-state index contributed by atoms with van der Waals surface area (Å²) in [4.78, 5) is 12.6. The smallest absolute Gasteiger partial charge is 0.134 e. The number of hydrogen-bond acceptors (Lipinski definition) is 6. The molecule has 7 nitrogen and oxygen atoms in total. The highest BCUT2D eigenvalue weighted by Gasteiger charge is 2.42. The lowest BCUT2D eigenvalue weighted by Crippen LogP contribution is -2.46. The maximum Gasteiger partial charge on any atom is 0.134 e. The van der Waals surface area contributed by atoms with Gasteiger partial charge in [-0.25, -0.2) is 14.8 Å². The van der Waals surface area contributed by atoms with Crippen molar-refractivity contribution in [3.63, 3.8) is 0 Å². The normalized spacial score (nSPS) is 25.2. The van der Waals surface area contributed by atoms with Crippen LogP contribution in [0.5, 0.6) is 5.75 Å². The number of halogens is 1. The number of aromatic nitrogens is 3. The first-order valence-electron chi connectivity index (χ1n) is 10.8. The van der Waals surface area contributed by atoms with Gasteiger partial charge >= 0.3 is 0 Å². The van der Waals surface area contributed by atoms with Crippen molar-refractivity contribution in [1.29, 1.82) is 0 Å². The molecule has 4 heterocycles. The summed E-state index contributed by atoms with van der Waals surface area (Å²) < 4.78 is 13.8. The van der Waals surface area contributed by atoms with Crippen molar-refractivity contribution in [2.45, 2.75) is 24.5 Å². The number of imidazole rings is 1. The molecule has 2 saturated heterocycles. The molecule has 6 rings (SSSR count). The molecule has 0 saturated carbocycles. The van der Waals surface area contributed by atoms with Crippen LogP contribution in [0.25, 0.3) is 22.2 Å². The van der Waals surface area contributed by atoms with Crippen LogP contribution in [0.4, 0.5) is 4.39 Å². The second-order valence-electron chi connectivity index (χ2n) is 8.54. The number of nitrogens with zero attached hydrogens (tertiary/aromatic N) is 2. The highest BCUT2D eigenvalue weighted by molar-refractivity contribution is 5.92. The number of aromatic amines is 1. The Hall–Kier alpha value is -3.33. The third kappa shape index (κ3) is 3.33. The Morgan fingerprint density at radius 3 is 2.81 bits per heavy atom. The van der Waals surface area contributed by atoms with Gasteiger partial charge in [-0.1, -0.05) is 24.3 Å². The van der Waals surface area contributed by atoms with Gasteiger partial charge in [0.05, 0.1) is 23.3 Å². The van der Waals surface area contributed by atoms with E-state index in [0.717, 1.165) is 46.5 Å². The van der Waals surface area contributed by atoms with E-state index < -0.39 is 0 Å². The van der Waals surface area contributed by atoms with Crippen molar-refractivity contribution in [3.8, 4) is 16.9 Å². The van der Waals surface area contributed by atoms with Crippen molar-refractivity contribution in [2.24, 2.45) is 5.92 Å². The van der Waals surface area contributed by atoms with Crippen molar-refractivity contribution < 1.29 is 9.50 Å². The third-order valence-corrected chi connectivity index (χ3v) is 6.57. The molecule has 32 heavy (non-hydrogen) atoms. The summed E-state index contributed by atoms with van der Waals surface area (Å²) >= 11 is 0. The van der Waals surface area contributed by atoms with Gasteiger partial charge in [-0.3, -0.25) is 10.4 Å². The van der Waals surface area contributed by atoms with E-state index in [9.17, 15) is 9.50 Å². The number of piperidine rings is 1. The average Bonchev–Trinajstić information content (AvgIpc) is 3.42. The molecular formula is C24H23FN6O. The number of para-hydroxylation sites is 1. The topological polar surface area (TPSA) is 97.9 Å². The van der Waals surface area contributed by atoms with Crippen LogP contribution in [0.3, 0.4) is 0 Å². The van der Waals surface area contributed by atoms with E-state index in [-0.39, 0.29) is 29.7 Å². The Balaban J connectivity index is 1.33. The molecule has 0 amide bonds. The summed E-state index contributed by atoms with van der Waals surface area (Å²) in [6, 6.07) is 14.7. The summed E-state index contributed by atoms with van der Waals surface area (Å²) in [6.07, 6.45) is 4.12. The van der Waals surface area contributed by atoms with E-state index in [1.807, 2.05) is 24.3 Å². The number of fused-ring (bicyclic) bond motifs is 2. The van der Waals surface area contributed by atoms with Crippen LogP contribution >= 0.6 is 0 Å². The van der Waals surface area contributed by atoms with E-state index in [1.54, 1.807) is 18.3 Å². The molecule has 0 aliphatic carbocycles. The minimum Gasteiger partial charge on any atom is -0.506 e. The zero-order valence-corrected chi connectivity index (χ0v) is 17.2. The monoisotopic (exact) mass is 430 g/mol. The molecule has 4 aromatic rings. The van der Waals surface area contributed by atoms with Gasteiger partial charge in [-0.2, -0.15) is 0 Å². The maximum atomic E-state index is 13.8. The molecular weight excluding hydrogens is 407 g/mol. The first-order valence-corrected chi connectivity index (χ1v) is 10.8. The summed E-state index contributed by atoms with van der Waals surface area (Å²) in [5.74, 6) is 1.06. The molecule has 4 atom stereocenters. The summed E-state index contributed by atoms with van der Waals surface area (Å²) in [5.41, 5.74) is 11.3. The first kappa shape index (κ1) is 19.4. The predicted octanol–water partition coefficient (Wildman–Crippen LogP) is 3.34.